The third kappa shape index (κ3) is 6.41. The molecule has 30 heavy (non-hydrogen) atoms. The normalized spacial score (nSPS) is 20.7. The van der Waals surface area contributed by atoms with E-state index >= 15 is 0 Å². The maximum Gasteiger partial charge on any atom is 0.317 e. The number of halogens is 1. The Balaban J connectivity index is 1.53. The van der Waals surface area contributed by atoms with Crippen LogP contribution in [0.2, 0.25) is 0 Å². The minimum Gasteiger partial charge on any atom is -0.494 e. The lowest BCUT2D eigenvalue weighted by atomic mass is 9.90. The summed E-state index contributed by atoms with van der Waals surface area (Å²) in [6.45, 7) is 6.65. The molecule has 1 aromatic carbocycles. The van der Waals surface area contributed by atoms with E-state index in [2.05, 4.69) is 17.1 Å². The highest BCUT2D eigenvalue weighted by molar-refractivity contribution is 5.78. The van der Waals surface area contributed by atoms with Crippen molar-refractivity contribution in [1.29, 1.82) is 0 Å². The third-order valence-electron chi connectivity index (χ3n) is 5.91. The molecule has 1 saturated heterocycles. The summed E-state index contributed by atoms with van der Waals surface area (Å²) in [4.78, 5) is 15.3. The van der Waals surface area contributed by atoms with Crippen LogP contribution in [0.1, 0.15) is 31.7 Å². The molecule has 0 spiro atoms. The van der Waals surface area contributed by atoms with Crippen LogP contribution >= 0.6 is 0 Å². The summed E-state index contributed by atoms with van der Waals surface area (Å²) in [5.41, 5.74) is 2.04. The van der Waals surface area contributed by atoms with Crippen LogP contribution in [0.25, 0.3) is 5.57 Å². The highest BCUT2D eigenvalue weighted by Gasteiger charge is 2.24. The largest absolute Gasteiger partial charge is 0.494 e. The van der Waals surface area contributed by atoms with E-state index in [9.17, 15) is 9.18 Å². The lowest BCUT2D eigenvalue weighted by Gasteiger charge is -2.35. The predicted molar refractivity (Wildman–Crippen MR) is 116 cm³/mol. The molecule has 2 aliphatic rings. The molecule has 0 aromatic heterocycles. The number of piperidine rings is 1. The Hall–Kier alpha value is -2.18. The Labute approximate surface area is 178 Å². The van der Waals surface area contributed by atoms with Gasteiger partial charge in [-0.05, 0) is 81.9 Å². The Morgan fingerprint density at radius 3 is 2.60 bits per heavy atom. The molecule has 0 saturated carbocycles. The zero-order valence-corrected chi connectivity index (χ0v) is 18.0. The van der Waals surface area contributed by atoms with Gasteiger partial charge in [-0.2, -0.15) is 0 Å². The molecule has 1 aromatic rings. The van der Waals surface area contributed by atoms with Crippen molar-refractivity contribution >= 4 is 11.5 Å². The summed E-state index contributed by atoms with van der Waals surface area (Å²) in [5, 5.41) is 8.91. The Morgan fingerprint density at radius 1 is 1.27 bits per heavy atom. The van der Waals surface area contributed by atoms with Crippen LogP contribution in [-0.4, -0.2) is 67.3 Å². The van der Waals surface area contributed by atoms with Gasteiger partial charge in [0.2, 0.25) is 0 Å². The summed E-state index contributed by atoms with van der Waals surface area (Å²) < 4.78 is 19.2. The van der Waals surface area contributed by atoms with Gasteiger partial charge in [-0.1, -0.05) is 18.2 Å². The molecule has 1 fully saturated rings. The summed E-state index contributed by atoms with van der Waals surface area (Å²) in [6.07, 6.45) is 7.61. The maximum absolute atomic E-state index is 13.3. The van der Waals surface area contributed by atoms with Crippen molar-refractivity contribution in [1.82, 2.24) is 9.80 Å². The molecule has 1 unspecified atom stereocenters. The molecule has 0 amide bonds. The van der Waals surface area contributed by atoms with Crippen molar-refractivity contribution in [3.8, 4) is 0 Å². The average Bonchev–Trinajstić information content (AvgIpc) is 2.70. The SMILES string of the molecule is CCOC1=CC(CN2CCC(CN(C)CC(=O)O)CC2)CC=C1c1ccc(F)cc1. The zero-order valence-electron chi connectivity index (χ0n) is 18.0. The van der Waals surface area contributed by atoms with Gasteiger partial charge in [0.1, 0.15) is 11.6 Å². The van der Waals surface area contributed by atoms with E-state index in [1.165, 1.54) is 12.1 Å². The molecule has 1 N–H and O–H groups in total. The first-order valence-electron chi connectivity index (χ1n) is 10.9. The monoisotopic (exact) mass is 416 g/mol. The fourth-order valence-corrected chi connectivity index (χ4v) is 4.46. The number of nitrogens with zero attached hydrogens (tertiary/aromatic N) is 2. The molecule has 5 nitrogen and oxygen atoms in total. The van der Waals surface area contributed by atoms with Crippen LogP contribution in [0.15, 0.2) is 42.2 Å². The summed E-state index contributed by atoms with van der Waals surface area (Å²) in [5.74, 6) is 0.869. The quantitative estimate of drug-likeness (QED) is 0.662. The number of ether oxygens (including phenoxy) is 1. The number of hydrogen-bond donors (Lipinski definition) is 1. The molecular formula is C24H33FN2O3. The number of likely N-dealkylation sites (N-methyl/N-ethyl adjacent to an activating group) is 1. The van der Waals surface area contributed by atoms with E-state index in [-0.39, 0.29) is 12.4 Å². The number of rotatable bonds is 9. The molecule has 1 atom stereocenters. The van der Waals surface area contributed by atoms with Gasteiger partial charge in [-0.15, -0.1) is 0 Å². The van der Waals surface area contributed by atoms with Crippen molar-refractivity contribution in [2.45, 2.75) is 26.2 Å². The highest BCUT2D eigenvalue weighted by Crippen LogP contribution is 2.32. The minimum absolute atomic E-state index is 0.107. The smallest absolute Gasteiger partial charge is 0.317 e. The molecule has 6 heteroatoms. The van der Waals surface area contributed by atoms with E-state index in [0.717, 1.165) is 62.3 Å². The number of carboxylic acid groups (broad SMARTS) is 1. The van der Waals surface area contributed by atoms with Crippen LogP contribution < -0.4 is 0 Å². The topological polar surface area (TPSA) is 53.0 Å². The number of likely N-dealkylation sites (tertiary alicyclic amines) is 1. The summed E-state index contributed by atoms with van der Waals surface area (Å²) in [6, 6.07) is 6.59. The second-order valence-corrected chi connectivity index (χ2v) is 8.42. The van der Waals surface area contributed by atoms with Crippen LogP contribution in [0.5, 0.6) is 0 Å². The average molecular weight is 417 g/mol. The van der Waals surface area contributed by atoms with Gasteiger partial charge >= 0.3 is 5.97 Å². The molecule has 1 heterocycles. The van der Waals surface area contributed by atoms with E-state index in [4.69, 9.17) is 9.84 Å². The van der Waals surface area contributed by atoms with Crippen molar-refractivity contribution in [2.24, 2.45) is 11.8 Å². The van der Waals surface area contributed by atoms with Gasteiger partial charge in [0, 0.05) is 18.7 Å². The van der Waals surface area contributed by atoms with E-state index in [0.29, 0.717) is 18.4 Å². The standard InChI is InChI=1S/C24H33FN2O3/c1-3-30-23-14-19(4-9-22(23)20-5-7-21(25)8-6-20)16-27-12-10-18(11-13-27)15-26(2)17-24(28)29/h5-9,14,18-19H,3-4,10-13,15-17H2,1-2H3,(H,28,29). The number of carboxylic acids is 1. The molecule has 0 bridgehead atoms. The highest BCUT2D eigenvalue weighted by atomic mass is 19.1. The Bertz CT molecular complexity index is 767. The fraction of sp³-hybridized carbons (Fsp3) is 0.542. The molecule has 3 rings (SSSR count). The second kappa shape index (κ2) is 10.7. The molecular weight excluding hydrogens is 383 g/mol. The van der Waals surface area contributed by atoms with Gasteiger partial charge in [0.15, 0.2) is 0 Å². The van der Waals surface area contributed by atoms with Gasteiger partial charge < -0.3 is 14.7 Å². The molecule has 0 radical (unpaired) electrons. The Morgan fingerprint density at radius 2 is 1.97 bits per heavy atom. The fourth-order valence-electron chi connectivity index (χ4n) is 4.46. The maximum atomic E-state index is 13.3. The van der Waals surface area contributed by atoms with Crippen LogP contribution in [0.4, 0.5) is 4.39 Å². The van der Waals surface area contributed by atoms with Crippen molar-refractivity contribution in [3.63, 3.8) is 0 Å². The van der Waals surface area contributed by atoms with Crippen molar-refractivity contribution < 1.29 is 19.0 Å². The Kier molecular flexibility index (Phi) is 8.05. The second-order valence-electron chi connectivity index (χ2n) is 8.42. The minimum atomic E-state index is -0.766. The first-order valence-corrected chi connectivity index (χ1v) is 10.9. The molecule has 1 aliphatic carbocycles. The van der Waals surface area contributed by atoms with Gasteiger partial charge in [0.25, 0.3) is 0 Å². The number of aliphatic carboxylic acids is 1. The van der Waals surface area contributed by atoms with Crippen molar-refractivity contribution in [2.75, 3.05) is 46.4 Å². The number of allylic oxidation sites excluding steroid dienone is 2. The van der Waals surface area contributed by atoms with Crippen LogP contribution in [0, 0.1) is 17.7 Å². The lowest BCUT2D eigenvalue weighted by Crippen LogP contribution is -2.40. The summed E-state index contributed by atoms with van der Waals surface area (Å²) in [7, 11) is 1.88. The summed E-state index contributed by atoms with van der Waals surface area (Å²) >= 11 is 0. The van der Waals surface area contributed by atoms with Gasteiger partial charge in [-0.3, -0.25) is 9.69 Å². The van der Waals surface area contributed by atoms with Gasteiger partial charge in [0.05, 0.1) is 13.2 Å². The zero-order chi connectivity index (χ0) is 21.5. The van der Waals surface area contributed by atoms with Crippen LogP contribution in [-0.2, 0) is 9.53 Å². The first-order chi connectivity index (χ1) is 14.4. The third-order valence-corrected chi connectivity index (χ3v) is 5.91. The first kappa shape index (κ1) is 22.5. The van der Waals surface area contributed by atoms with E-state index in [1.54, 1.807) is 12.1 Å². The number of carbonyl (C=O) groups is 1. The van der Waals surface area contributed by atoms with Crippen LogP contribution in [0.3, 0.4) is 0 Å². The van der Waals surface area contributed by atoms with Gasteiger partial charge in [-0.25, -0.2) is 4.39 Å². The van der Waals surface area contributed by atoms with E-state index in [1.807, 2.05) is 18.9 Å². The molecule has 1 aliphatic heterocycles. The number of benzene rings is 1. The van der Waals surface area contributed by atoms with E-state index < -0.39 is 5.97 Å². The molecule has 164 valence electrons. The number of hydrogen-bond acceptors (Lipinski definition) is 4. The van der Waals surface area contributed by atoms with Crippen molar-refractivity contribution in [3.05, 3.63) is 53.6 Å². The lowest BCUT2D eigenvalue weighted by molar-refractivity contribution is -0.138. The predicted octanol–water partition coefficient (Wildman–Crippen LogP) is 3.88.